The molecule has 4 heteroatoms. The summed E-state index contributed by atoms with van der Waals surface area (Å²) in [6.07, 6.45) is 0. The summed E-state index contributed by atoms with van der Waals surface area (Å²) in [7, 11) is 0. The van der Waals surface area contributed by atoms with Crippen LogP contribution in [-0.4, -0.2) is 23.4 Å². The van der Waals surface area contributed by atoms with Crippen molar-refractivity contribution in [3.8, 4) is 0 Å². The molecule has 0 radical (unpaired) electrons. The highest BCUT2D eigenvalue weighted by atomic mass is 16.3. The fraction of sp³-hybridized carbons (Fsp3) is 0.600. The highest BCUT2D eigenvalue weighted by Crippen LogP contribution is 1.98. The second-order valence-electron chi connectivity index (χ2n) is 1.67. The van der Waals surface area contributed by atoms with Gasteiger partial charge in [-0.15, -0.1) is 0 Å². The van der Waals surface area contributed by atoms with Gasteiger partial charge >= 0.3 is 0 Å². The van der Waals surface area contributed by atoms with E-state index in [0.29, 0.717) is 5.57 Å². The number of nitroso groups, excluding NO2 is 1. The maximum absolute atomic E-state index is 9.56. The first-order chi connectivity index (χ1) is 4.22. The summed E-state index contributed by atoms with van der Waals surface area (Å²) >= 11 is 0. The van der Waals surface area contributed by atoms with Crippen LogP contribution in [0.3, 0.4) is 0 Å². The summed E-state index contributed by atoms with van der Waals surface area (Å²) in [5.74, 6) is -0.172. The number of aliphatic hydroxyl groups is 2. The largest absolute Gasteiger partial charge is 0.510 e. The average molecular weight is 131 g/mol. The van der Waals surface area contributed by atoms with E-state index in [9.17, 15) is 4.91 Å². The molecule has 0 rings (SSSR count). The SMILES string of the molecule is C/C(CN=O)=C(/O)CO. The second-order valence-corrected chi connectivity index (χ2v) is 1.67. The number of hydrogen-bond donors (Lipinski definition) is 2. The molecule has 0 atom stereocenters. The molecule has 0 aliphatic carbocycles. The van der Waals surface area contributed by atoms with Crippen LogP contribution in [0.5, 0.6) is 0 Å². The number of hydrogen-bond acceptors (Lipinski definition) is 4. The molecule has 0 heterocycles. The van der Waals surface area contributed by atoms with Gasteiger partial charge in [-0.3, -0.25) is 0 Å². The molecular formula is C5H9NO3. The second kappa shape index (κ2) is 4.03. The maximum Gasteiger partial charge on any atom is 0.119 e. The first kappa shape index (κ1) is 8.10. The molecule has 52 valence electrons. The topological polar surface area (TPSA) is 69.9 Å². The van der Waals surface area contributed by atoms with Gasteiger partial charge in [0.15, 0.2) is 0 Å². The van der Waals surface area contributed by atoms with E-state index in [2.05, 4.69) is 5.18 Å². The van der Waals surface area contributed by atoms with Gasteiger partial charge in [0.2, 0.25) is 0 Å². The summed E-state index contributed by atoms with van der Waals surface area (Å²) in [5.41, 5.74) is 0.410. The third kappa shape index (κ3) is 2.81. The lowest BCUT2D eigenvalue weighted by Crippen LogP contribution is -1.95. The van der Waals surface area contributed by atoms with Gasteiger partial charge in [0.05, 0.1) is 0 Å². The smallest absolute Gasteiger partial charge is 0.119 e. The van der Waals surface area contributed by atoms with Crippen LogP contribution in [0, 0.1) is 4.91 Å². The van der Waals surface area contributed by atoms with Crippen LogP contribution in [0.15, 0.2) is 16.5 Å². The van der Waals surface area contributed by atoms with Crippen molar-refractivity contribution in [2.45, 2.75) is 6.92 Å². The molecule has 0 amide bonds. The molecule has 0 spiro atoms. The molecule has 0 saturated carbocycles. The van der Waals surface area contributed by atoms with Crippen LogP contribution in [0.1, 0.15) is 6.92 Å². The van der Waals surface area contributed by atoms with Crippen molar-refractivity contribution in [2.75, 3.05) is 13.2 Å². The fourth-order valence-corrected chi connectivity index (χ4v) is 0.323. The minimum atomic E-state index is -0.429. The van der Waals surface area contributed by atoms with Gasteiger partial charge in [0.25, 0.3) is 0 Å². The molecule has 0 aliphatic rings. The Balaban J connectivity index is 3.92. The maximum atomic E-state index is 9.56. The summed E-state index contributed by atoms with van der Waals surface area (Å²) < 4.78 is 0. The predicted octanol–water partition coefficient (Wildman–Crippen LogP) is 0.577. The molecule has 0 aliphatic heterocycles. The van der Waals surface area contributed by atoms with Crippen molar-refractivity contribution in [1.82, 2.24) is 0 Å². The minimum absolute atomic E-state index is 0.0631. The Morgan fingerprint density at radius 3 is 2.56 bits per heavy atom. The van der Waals surface area contributed by atoms with Gasteiger partial charge in [-0.2, -0.15) is 4.91 Å². The summed E-state index contributed by atoms with van der Waals surface area (Å²) in [5, 5.41) is 19.5. The zero-order chi connectivity index (χ0) is 7.28. The summed E-state index contributed by atoms with van der Waals surface area (Å²) in [6.45, 7) is 1.04. The molecule has 0 fully saturated rings. The summed E-state index contributed by atoms with van der Waals surface area (Å²) in [4.78, 5) is 9.56. The van der Waals surface area contributed by atoms with Crippen LogP contribution in [-0.2, 0) is 0 Å². The molecule has 4 nitrogen and oxygen atoms in total. The van der Waals surface area contributed by atoms with Gasteiger partial charge in [-0.1, -0.05) is 5.18 Å². The first-order valence-corrected chi connectivity index (χ1v) is 2.50. The molecule has 0 aromatic carbocycles. The van der Waals surface area contributed by atoms with Crippen molar-refractivity contribution in [2.24, 2.45) is 5.18 Å². The standard InChI is InChI=1S/C5H9NO3/c1-4(2-6-9)5(8)3-7/h7-8H,2-3H2,1H3/b5-4-. The molecule has 0 aromatic heterocycles. The fourth-order valence-electron chi connectivity index (χ4n) is 0.323. The van der Waals surface area contributed by atoms with Gasteiger partial charge in [0.1, 0.15) is 18.9 Å². The van der Waals surface area contributed by atoms with E-state index in [1.54, 1.807) is 0 Å². The highest BCUT2D eigenvalue weighted by molar-refractivity contribution is 5.05. The van der Waals surface area contributed by atoms with Crippen molar-refractivity contribution in [3.63, 3.8) is 0 Å². The number of nitrogens with zero attached hydrogens (tertiary/aromatic N) is 1. The van der Waals surface area contributed by atoms with E-state index >= 15 is 0 Å². The summed E-state index contributed by atoms with van der Waals surface area (Å²) in [6, 6.07) is 0. The molecule has 0 unspecified atom stereocenters. The third-order valence-corrected chi connectivity index (χ3v) is 0.944. The molecule has 0 saturated heterocycles. The van der Waals surface area contributed by atoms with Crippen molar-refractivity contribution in [1.29, 1.82) is 0 Å². The highest BCUT2D eigenvalue weighted by Gasteiger charge is 1.96. The molecule has 0 bridgehead atoms. The van der Waals surface area contributed by atoms with E-state index in [1.165, 1.54) is 6.92 Å². The van der Waals surface area contributed by atoms with Crippen LogP contribution >= 0.6 is 0 Å². The first-order valence-electron chi connectivity index (χ1n) is 2.50. The Morgan fingerprint density at radius 1 is 1.67 bits per heavy atom. The van der Waals surface area contributed by atoms with Crippen LogP contribution in [0.25, 0.3) is 0 Å². The van der Waals surface area contributed by atoms with Gasteiger partial charge in [0, 0.05) is 0 Å². The molecule has 2 N–H and O–H groups in total. The van der Waals surface area contributed by atoms with Crippen molar-refractivity contribution < 1.29 is 10.2 Å². The van der Waals surface area contributed by atoms with Gasteiger partial charge < -0.3 is 10.2 Å². The quantitative estimate of drug-likeness (QED) is 0.434. The lowest BCUT2D eigenvalue weighted by Gasteiger charge is -1.96. The van der Waals surface area contributed by atoms with Crippen LogP contribution in [0.2, 0.25) is 0 Å². The normalized spacial score (nSPS) is 12.7. The number of aliphatic hydroxyl groups excluding tert-OH is 2. The van der Waals surface area contributed by atoms with Crippen LogP contribution in [0.4, 0.5) is 0 Å². The Labute approximate surface area is 52.8 Å². The van der Waals surface area contributed by atoms with Crippen molar-refractivity contribution >= 4 is 0 Å². The Kier molecular flexibility index (Phi) is 3.62. The Bertz CT molecular complexity index is 130. The predicted molar refractivity (Wildman–Crippen MR) is 33.1 cm³/mol. The Morgan fingerprint density at radius 2 is 2.22 bits per heavy atom. The Hall–Kier alpha value is -0.900. The zero-order valence-corrected chi connectivity index (χ0v) is 5.16. The van der Waals surface area contributed by atoms with Crippen LogP contribution < -0.4 is 0 Å². The molecular weight excluding hydrogens is 122 g/mol. The van der Waals surface area contributed by atoms with Gasteiger partial charge in [-0.05, 0) is 12.5 Å². The lowest BCUT2D eigenvalue weighted by molar-refractivity contribution is 0.249. The van der Waals surface area contributed by atoms with E-state index in [4.69, 9.17) is 10.2 Å². The minimum Gasteiger partial charge on any atom is -0.510 e. The average Bonchev–Trinajstić information content (AvgIpc) is 1.87. The monoisotopic (exact) mass is 131 g/mol. The van der Waals surface area contributed by atoms with E-state index in [1.807, 2.05) is 0 Å². The van der Waals surface area contributed by atoms with Gasteiger partial charge in [-0.25, -0.2) is 0 Å². The van der Waals surface area contributed by atoms with E-state index in [0.717, 1.165) is 0 Å². The zero-order valence-electron chi connectivity index (χ0n) is 5.16. The van der Waals surface area contributed by atoms with E-state index in [-0.39, 0.29) is 12.3 Å². The number of rotatable bonds is 3. The third-order valence-electron chi connectivity index (χ3n) is 0.944. The lowest BCUT2D eigenvalue weighted by atomic mass is 10.3. The van der Waals surface area contributed by atoms with E-state index < -0.39 is 6.61 Å². The van der Waals surface area contributed by atoms with Crippen molar-refractivity contribution in [3.05, 3.63) is 16.2 Å². The molecule has 0 aromatic rings. The molecule has 9 heavy (non-hydrogen) atoms.